The Bertz CT molecular complexity index is 613. The first-order valence-electron chi connectivity index (χ1n) is 5.55. The molecule has 1 saturated carbocycles. The summed E-state index contributed by atoms with van der Waals surface area (Å²) in [5.41, 5.74) is -8.44. The lowest BCUT2D eigenvalue weighted by Gasteiger charge is -2.54. The van der Waals surface area contributed by atoms with Crippen LogP contribution in [0, 0.1) is 0 Å². The van der Waals surface area contributed by atoms with Gasteiger partial charge in [-0.15, -0.1) is 0 Å². The highest BCUT2D eigenvalue weighted by molar-refractivity contribution is 7.74. The molecule has 0 bridgehead atoms. The van der Waals surface area contributed by atoms with Crippen LogP contribution in [-0.4, -0.2) is 56.1 Å². The molecule has 3 nitrogen and oxygen atoms in total. The Morgan fingerprint density at radius 2 is 0.889 bits per heavy atom. The molecule has 0 aromatic rings. The SMILES string of the molecule is O=S(O)OC(F)(F)C(F)(F)C1(F)C(F)(F)C(F)(F)C(F)(F)C(F)(F)C1(F)F. The zero-order valence-corrected chi connectivity index (χ0v) is 12.2. The highest BCUT2D eigenvalue weighted by atomic mass is 32.2. The summed E-state index contributed by atoms with van der Waals surface area (Å²) in [4.78, 5) is 0. The summed E-state index contributed by atoms with van der Waals surface area (Å²) < 4.78 is 217. The van der Waals surface area contributed by atoms with Crippen LogP contribution in [0.3, 0.4) is 0 Å². The van der Waals surface area contributed by atoms with E-state index in [0.717, 1.165) is 0 Å². The van der Waals surface area contributed by atoms with E-state index in [-0.39, 0.29) is 0 Å². The van der Waals surface area contributed by atoms with E-state index in [9.17, 15) is 70.1 Å². The van der Waals surface area contributed by atoms with Gasteiger partial charge in [-0.1, -0.05) is 0 Å². The molecule has 1 rings (SSSR count). The van der Waals surface area contributed by atoms with Gasteiger partial charge in [0.1, 0.15) is 0 Å². The topological polar surface area (TPSA) is 46.5 Å². The fraction of sp³-hybridized carbons (Fsp3) is 1.00. The molecule has 0 aromatic heterocycles. The van der Waals surface area contributed by atoms with Gasteiger partial charge >= 0.3 is 58.7 Å². The normalized spacial score (nSPS) is 29.2. The second kappa shape index (κ2) is 5.55. The summed E-state index contributed by atoms with van der Waals surface area (Å²) in [6, 6.07) is 0. The Morgan fingerprint density at radius 3 is 1.15 bits per heavy atom. The third-order valence-corrected chi connectivity index (χ3v) is 3.77. The van der Waals surface area contributed by atoms with Gasteiger partial charge in [0.05, 0.1) is 0 Å². The Balaban J connectivity index is 4.00. The second-order valence-electron chi connectivity index (χ2n) is 4.92. The van der Waals surface area contributed by atoms with Gasteiger partial charge in [0, 0.05) is 0 Å². The first kappa shape index (κ1) is 24.1. The van der Waals surface area contributed by atoms with Gasteiger partial charge in [-0.2, -0.15) is 69.9 Å². The molecule has 0 radical (unpaired) electrons. The molecule has 1 N–H and O–H groups in total. The van der Waals surface area contributed by atoms with E-state index < -0.39 is 58.7 Å². The van der Waals surface area contributed by atoms with Gasteiger partial charge in [0.15, 0.2) is 0 Å². The third-order valence-electron chi connectivity index (χ3n) is 3.42. The van der Waals surface area contributed by atoms with E-state index in [1.54, 1.807) is 0 Å². The minimum atomic E-state index is -8.44. The molecule has 162 valence electrons. The summed E-state index contributed by atoms with van der Waals surface area (Å²) in [7, 11) is 0. The molecule has 0 aliphatic heterocycles. The van der Waals surface area contributed by atoms with Crippen LogP contribution in [0.2, 0.25) is 0 Å². The highest BCUT2D eigenvalue weighted by Gasteiger charge is 3.07. The maximum atomic E-state index is 13.9. The van der Waals surface area contributed by atoms with Crippen LogP contribution in [0.25, 0.3) is 0 Å². The number of hydrogen-bond acceptors (Lipinski definition) is 2. The standard InChI is InChI=1S/C8HF15O3S/c9-1(4(14,15)8(22,23)26-27(24)25)2(10,11)5(16,17)7(20,21)6(18,19)3(1,12)13/h(H,24,25). The molecule has 1 fully saturated rings. The van der Waals surface area contributed by atoms with E-state index in [2.05, 4.69) is 0 Å². The van der Waals surface area contributed by atoms with Crippen molar-refractivity contribution in [3.8, 4) is 0 Å². The van der Waals surface area contributed by atoms with Crippen molar-refractivity contribution in [3.63, 3.8) is 0 Å². The van der Waals surface area contributed by atoms with Crippen LogP contribution in [-0.2, 0) is 15.5 Å². The van der Waals surface area contributed by atoms with Gasteiger partial charge in [-0.05, 0) is 0 Å². The van der Waals surface area contributed by atoms with E-state index in [4.69, 9.17) is 4.55 Å². The van der Waals surface area contributed by atoms with Crippen LogP contribution in [0.1, 0.15) is 0 Å². The Labute approximate surface area is 138 Å². The quantitative estimate of drug-likeness (QED) is 0.502. The zero-order valence-electron chi connectivity index (χ0n) is 11.3. The molecule has 19 heteroatoms. The molecule has 0 aromatic carbocycles. The predicted octanol–water partition coefficient (Wildman–Crippen LogP) is 4.27. The average molecular weight is 462 g/mol. The molecular weight excluding hydrogens is 461 g/mol. The summed E-state index contributed by atoms with van der Waals surface area (Å²) in [6.07, 6.45) is -7.37. The molecule has 1 aliphatic rings. The molecule has 0 saturated heterocycles. The first-order chi connectivity index (χ1) is 11.4. The molecular formula is C8HF15O3S. The van der Waals surface area contributed by atoms with Gasteiger partial charge < -0.3 is 0 Å². The molecule has 1 atom stereocenters. The van der Waals surface area contributed by atoms with Crippen molar-refractivity contribution in [3.05, 3.63) is 0 Å². The number of hydrogen-bond donors (Lipinski definition) is 1. The van der Waals surface area contributed by atoms with Crippen molar-refractivity contribution in [1.29, 1.82) is 0 Å². The fourth-order valence-electron chi connectivity index (χ4n) is 1.96. The Kier molecular flexibility index (Phi) is 4.94. The van der Waals surface area contributed by atoms with Crippen LogP contribution < -0.4 is 0 Å². The Morgan fingerprint density at radius 1 is 0.630 bits per heavy atom. The van der Waals surface area contributed by atoms with Crippen molar-refractivity contribution in [2.45, 2.75) is 47.3 Å². The lowest BCUT2D eigenvalue weighted by atomic mass is 9.69. The van der Waals surface area contributed by atoms with Crippen molar-refractivity contribution < 1.29 is 78.8 Å². The lowest BCUT2D eigenvalue weighted by Crippen LogP contribution is -2.88. The first-order valence-corrected chi connectivity index (χ1v) is 6.59. The minimum absolute atomic E-state index is 1.96. The van der Waals surface area contributed by atoms with E-state index in [0.29, 0.717) is 0 Å². The van der Waals surface area contributed by atoms with Crippen molar-refractivity contribution in [2.75, 3.05) is 0 Å². The summed E-state index contributed by atoms with van der Waals surface area (Å²) in [6.45, 7) is 0. The maximum Gasteiger partial charge on any atom is 0.437 e. The van der Waals surface area contributed by atoms with Crippen molar-refractivity contribution >= 4 is 11.4 Å². The number of rotatable bonds is 4. The highest BCUT2D eigenvalue weighted by Crippen LogP contribution is 2.73. The average Bonchev–Trinajstić information content (AvgIpc) is 2.42. The summed E-state index contributed by atoms with van der Waals surface area (Å²) >= 11 is -4.72. The minimum Gasteiger partial charge on any atom is -0.284 e. The van der Waals surface area contributed by atoms with E-state index in [1.807, 2.05) is 4.18 Å². The van der Waals surface area contributed by atoms with E-state index in [1.165, 1.54) is 0 Å². The summed E-state index contributed by atoms with van der Waals surface area (Å²) in [5.74, 6) is -48.8. The molecule has 27 heavy (non-hydrogen) atoms. The van der Waals surface area contributed by atoms with Gasteiger partial charge in [-0.3, -0.25) is 4.55 Å². The number of alkyl halides is 15. The third kappa shape index (κ3) is 2.29. The monoisotopic (exact) mass is 462 g/mol. The van der Waals surface area contributed by atoms with Crippen LogP contribution in [0.5, 0.6) is 0 Å². The maximum absolute atomic E-state index is 13.9. The van der Waals surface area contributed by atoms with Gasteiger partial charge in [-0.25, -0.2) is 4.39 Å². The smallest absolute Gasteiger partial charge is 0.284 e. The van der Waals surface area contributed by atoms with Crippen LogP contribution in [0.4, 0.5) is 65.9 Å². The van der Waals surface area contributed by atoms with Gasteiger partial charge in [0.25, 0.3) is 0 Å². The molecule has 1 unspecified atom stereocenters. The second-order valence-corrected chi connectivity index (χ2v) is 5.52. The molecule has 0 heterocycles. The lowest BCUT2D eigenvalue weighted by molar-refractivity contribution is -0.523. The zero-order chi connectivity index (χ0) is 22.3. The fourth-order valence-corrected chi connectivity index (χ4v) is 2.24. The molecule has 1 aliphatic carbocycles. The molecule has 0 spiro atoms. The van der Waals surface area contributed by atoms with Crippen LogP contribution >= 0.6 is 0 Å². The van der Waals surface area contributed by atoms with Gasteiger partial charge in [0.2, 0.25) is 0 Å². The van der Waals surface area contributed by atoms with Crippen LogP contribution in [0.15, 0.2) is 0 Å². The van der Waals surface area contributed by atoms with Crippen molar-refractivity contribution in [2.24, 2.45) is 0 Å². The van der Waals surface area contributed by atoms with Crippen molar-refractivity contribution in [1.82, 2.24) is 0 Å². The molecule has 0 amide bonds. The Hall–Kier alpha value is -0.980. The van der Waals surface area contributed by atoms with E-state index >= 15 is 0 Å². The summed E-state index contributed by atoms with van der Waals surface area (Å²) in [5, 5.41) is 0. The number of halogens is 15. The largest absolute Gasteiger partial charge is 0.437 e. The predicted molar refractivity (Wildman–Crippen MR) is 50.3 cm³/mol.